The summed E-state index contributed by atoms with van der Waals surface area (Å²) in [5, 5.41) is 24.2. The van der Waals surface area contributed by atoms with E-state index in [9.17, 15) is 10.2 Å². The molecule has 1 aromatic rings. The molecule has 4 rings (SSSR count). The van der Waals surface area contributed by atoms with Crippen molar-refractivity contribution >= 4 is 8.60 Å². The lowest BCUT2D eigenvalue weighted by atomic mass is 9.62. The molecule has 188 valence electrons. The second-order valence-electron chi connectivity index (χ2n) is 13.0. The van der Waals surface area contributed by atoms with Gasteiger partial charge in [0, 0.05) is 5.56 Å². The van der Waals surface area contributed by atoms with E-state index in [4.69, 9.17) is 13.6 Å². The minimum Gasteiger partial charge on any atom is -0.361 e. The molecule has 3 aliphatic heterocycles. The zero-order chi connectivity index (χ0) is 25.3. The molecule has 0 amide bonds. The van der Waals surface area contributed by atoms with E-state index < -0.39 is 25.8 Å². The van der Waals surface area contributed by atoms with Gasteiger partial charge in [-0.05, 0) is 45.8 Å². The van der Waals surface area contributed by atoms with E-state index in [1.807, 2.05) is 6.92 Å². The van der Waals surface area contributed by atoms with E-state index in [1.165, 1.54) is 5.56 Å². The second kappa shape index (κ2) is 8.25. The standard InChI is InChI=1S/C27H45O5P/c1-12-14-15-25(13-2)26(28,30-33-31-27(25,29)32-33)21-19(23(6,7)8)16-18(22(3,4)5)17-20(21)24(9,10)11/h16-17,28-29H,12-15H2,1-11H3. The summed E-state index contributed by atoms with van der Waals surface area (Å²) >= 11 is 0. The molecule has 3 saturated heterocycles. The molecule has 2 atom stereocenters. The number of fused-ring (bicyclic) bond motifs is 2. The number of hydrogen-bond donors (Lipinski definition) is 2. The maximum absolute atomic E-state index is 12.7. The Morgan fingerprint density at radius 3 is 1.64 bits per heavy atom. The van der Waals surface area contributed by atoms with Crippen molar-refractivity contribution in [3.63, 3.8) is 0 Å². The molecule has 2 N–H and O–H groups in total. The molecule has 0 saturated carbocycles. The molecule has 3 heterocycles. The van der Waals surface area contributed by atoms with Crippen LogP contribution in [0.25, 0.3) is 0 Å². The maximum Gasteiger partial charge on any atom is 0.344 e. The van der Waals surface area contributed by atoms with Crippen LogP contribution in [0.3, 0.4) is 0 Å². The highest BCUT2D eigenvalue weighted by Crippen LogP contribution is 2.77. The first-order chi connectivity index (χ1) is 14.9. The Hall–Kier alpha value is -0.550. The van der Waals surface area contributed by atoms with Crippen molar-refractivity contribution < 1.29 is 23.8 Å². The van der Waals surface area contributed by atoms with E-state index in [0.29, 0.717) is 12.8 Å². The Morgan fingerprint density at radius 2 is 1.27 bits per heavy atom. The van der Waals surface area contributed by atoms with Crippen LogP contribution in [-0.2, 0) is 35.6 Å². The zero-order valence-electron chi connectivity index (χ0n) is 22.5. The highest BCUT2D eigenvalue weighted by atomic mass is 31.2. The fourth-order valence-corrected chi connectivity index (χ4v) is 6.51. The molecule has 3 aliphatic rings. The summed E-state index contributed by atoms with van der Waals surface area (Å²) in [4.78, 5) is 0. The first-order valence-electron chi connectivity index (χ1n) is 12.4. The summed E-state index contributed by atoms with van der Waals surface area (Å²) in [7, 11) is -1.81. The molecule has 0 aromatic heterocycles. The van der Waals surface area contributed by atoms with Gasteiger partial charge in [-0.15, -0.1) is 0 Å². The van der Waals surface area contributed by atoms with Crippen LogP contribution in [0.15, 0.2) is 12.1 Å². The summed E-state index contributed by atoms with van der Waals surface area (Å²) in [5.41, 5.74) is 2.32. The molecule has 2 unspecified atom stereocenters. The van der Waals surface area contributed by atoms with Crippen LogP contribution in [-0.4, -0.2) is 16.2 Å². The van der Waals surface area contributed by atoms with Crippen LogP contribution in [0, 0.1) is 5.41 Å². The van der Waals surface area contributed by atoms with Crippen molar-refractivity contribution in [2.45, 2.75) is 130 Å². The van der Waals surface area contributed by atoms with Crippen LogP contribution in [0.4, 0.5) is 0 Å². The fraction of sp³-hybridized carbons (Fsp3) is 0.778. The third-order valence-electron chi connectivity index (χ3n) is 7.38. The Kier molecular flexibility index (Phi) is 6.76. The SMILES string of the molecule is CCCCC1(CC)C2(O)OP(O2)OC1(O)c1c(C(C)(C)C)cc(C(C)(C)C)cc1C(C)(C)C. The van der Waals surface area contributed by atoms with Crippen LogP contribution in [0.1, 0.15) is 124 Å². The largest absolute Gasteiger partial charge is 0.361 e. The average Bonchev–Trinajstić information content (AvgIpc) is 2.63. The monoisotopic (exact) mass is 480 g/mol. The smallest absolute Gasteiger partial charge is 0.344 e. The summed E-state index contributed by atoms with van der Waals surface area (Å²) in [6.45, 7) is 23.7. The number of hydrogen-bond acceptors (Lipinski definition) is 5. The van der Waals surface area contributed by atoms with Crippen molar-refractivity contribution in [1.29, 1.82) is 0 Å². The van der Waals surface area contributed by atoms with E-state index in [-0.39, 0.29) is 16.2 Å². The summed E-state index contributed by atoms with van der Waals surface area (Å²) in [5.74, 6) is -3.60. The third-order valence-corrected chi connectivity index (χ3v) is 8.58. The van der Waals surface area contributed by atoms with E-state index in [2.05, 4.69) is 81.4 Å². The number of unbranched alkanes of at least 4 members (excludes halogenated alkanes) is 1. The van der Waals surface area contributed by atoms with Crippen LogP contribution < -0.4 is 0 Å². The number of benzene rings is 1. The molecule has 0 spiro atoms. The lowest BCUT2D eigenvalue weighted by Crippen LogP contribution is -2.70. The minimum atomic E-state index is -1.86. The molecule has 6 heteroatoms. The van der Waals surface area contributed by atoms with Gasteiger partial charge in [0.25, 0.3) is 0 Å². The van der Waals surface area contributed by atoms with Crippen LogP contribution in [0.5, 0.6) is 0 Å². The number of aliphatic hydroxyl groups is 2. The fourth-order valence-electron chi connectivity index (χ4n) is 5.18. The predicted octanol–water partition coefficient (Wildman–Crippen LogP) is 7.26. The predicted molar refractivity (Wildman–Crippen MR) is 134 cm³/mol. The van der Waals surface area contributed by atoms with Gasteiger partial charge in [0.1, 0.15) is 5.41 Å². The van der Waals surface area contributed by atoms with Gasteiger partial charge in [0.05, 0.1) is 0 Å². The van der Waals surface area contributed by atoms with Gasteiger partial charge in [-0.25, -0.2) is 0 Å². The van der Waals surface area contributed by atoms with Crippen molar-refractivity contribution in [2.75, 3.05) is 0 Å². The number of rotatable bonds is 5. The summed E-state index contributed by atoms with van der Waals surface area (Å²) in [6.07, 6.45) is 2.69. The Morgan fingerprint density at radius 1 is 0.788 bits per heavy atom. The Labute approximate surface area is 202 Å². The van der Waals surface area contributed by atoms with Crippen LogP contribution >= 0.6 is 8.60 Å². The second-order valence-corrected chi connectivity index (χ2v) is 14.0. The van der Waals surface area contributed by atoms with Crippen molar-refractivity contribution in [1.82, 2.24) is 0 Å². The van der Waals surface area contributed by atoms with Gasteiger partial charge < -0.3 is 10.2 Å². The molecule has 0 aliphatic carbocycles. The van der Waals surface area contributed by atoms with Crippen molar-refractivity contribution in [2.24, 2.45) is 5.41 Å². The van der Waals surface area contributed by atoms with Gasteiger partial charge in [-0.1, -0.05) is 101 Å². The maximum atomic E-state index is 12.7. The molecule has 3 fully saturated rings. The Balaban J connectivity index is 2.45. The van der Waals surface area contributed by atoms with Gasteiger partial charge in [-0.2, -0.15) is 0 Å². The summed E-state index contributed by atoms with van der Waals surface area (Å²) in [6, 6.07) is 4.46. The minimum absolute atomic E-state index is 0.0602. The van der Waals surface area contributed by atoms with E-state index in [1.54, 1.807) is 0 Å². The average molecular weight is 481 g/mol. The first kappa shape index (κ1) is 27.0. The van der Waals surface area contributed by atoms with Crippen molar-refractivity contribution in [3.05, 3.63) is 34.4 Å². The molecular weight excluding hydrogens is 435 g/mol. The van der Waals surface area contributed by atoms with Crippen molar-refractivity contribution in [3.8, 4) is 0 Å². The van der Waals surface area contributed by atoms with Gasteiger partial charge >= 0.3 is 14.6 Å². The summed E-state index contributed by atoms with van der Waals surface area (Å²) < 4.78 is 17.8. The molecular formula is C27H45O5P. The normalized spacial score (nSPS) is 32.6. The topological polar surface area (TPSA) is 68.2 Å². The van der Waals surface area contributed by atoms with Gasteiger partial charge in [-0.3, -0.25) is 13.6 Å². The molecule has 33 heavy (non-hydrogen) atoms. The van der Waals surface area contributed by atoms with Crippen LogP contribution in [0.2, 0.25) is 0 Å². The molecule has 1 aromatic carbocycles. The lowest BCUT2D eigenvalue weighted by molar-refractivity contribution is -0.487. The zero-order valence-corrected chi connectivity index (χ0v) is 23.4. The highest BCUT2D eigenvalue weighted by molar-refractivity contribution is 7.43. The van der Waals surface area contributed by atoms with E-state index in [0.717, 1.165) is 29.5 Å². The quantitative estimate of drug-likeness (QED) is 0.434. The van der Waals surface area contributed by atoms with E-state index >= 15 is 0 Å². The molecule has 5 nitrogen and oxygen atoms in total. The first-order valence-corrected chi connectivity index (χ1v) is 13.5. The Bertz CT molecular complexity index is 850. The molecule has 0 radical (unpaired) electrons. The lowest BCUT2D eigenvalue weighted by Gasteiger charge is -2.64. The third kappa shape index (κ3) is 4.21. The highest BCUT2D eigenvalue weighted by Gasteiger charge is 2.78. The molecule has 2 bridgehead atoms. The van der Waals surface area contributed by atoms with Gasteiger partial charge in [0.2, 0.25) is 5.79 Å². The van der Waals surface area contributed by atoms with Gasteiger partial charge in [0.15, 0.2) is 0 Å².